The number of nitrogens with one attached hydrogen (secondary N) is 1. The molecule has 0 bridgehead atoms. The number of hydrogen-bond acceptors (Lipinski definition) is 5. The van der Waals surface area contributed by atoms with Crippen LogP contribution in [0.1, 0.15) is 5.56 Å². The summed E-state index contributed by atoms with van der Waals surface area (Å²) in [6.07, 6.45) is 1.74. The van der Waals surface area contributed by atoms with Crippen molar-refractivity contribution in [2.75, 3.05) is 19.0 Å². The van der Waals surface area contributed by atoms with E-state index in [0.717, 1.165) is 22.4 Å². The van der Waals surface area contributed by atoms with E-state index in [1.165, 1.54) is 4.80 Å². The summed E-state index contributed by atoms with van der Waals surface area (Å²) in [5, 5.41) is 11.4. The summed E-state index contributed by atoms with van der Waals surface area (Å²) in [5.41, 5.74) is 2.52. The maximum atomic E-state index is 12.1. The van der Waals surface area contributed by atoms with Crippen molar-refractivity contribution in [2.24, 2.45) is 0 Å². The second-order valence-corrected chi connectivity index (χ2v) is 5.38. The number of amides is 1. The van der Waals surface area contributed by atoms with E-state index in [0.29, 0.717) is 6.54 Å². The number of rotatable bonds is 5. The number of fused-ring (bicyclic) bond motifs is 1. The number of pyridine rings is 1. The molecule has 0 saturated heterocycles. The summed E-state index contributed by atoms with van der Waals surface area (Å²) < 4.78 is 0. The Hall–Kier alpha value is -2.96. The highest BCUT2D eigenvalue weighted by molar-refractivity contribution is 5.77. The molecule has 118 valence electrons. The molecule has 0 unspecified atom stereocenters. The smallest absolute Gasteiger partial charge is 0.243 e. The first-order valence-corrected chi connectivity index (χ1v) is 7.31. The first kappa shape index (κ1) is 15.0. The van der Waals surface area contributed by atoms with Gasteiger partial charge in [0.05, 0.1) is 0 Å². The number of aromatic nitrogens is 4. The van der Waals surface area contributed by atoms with Gasteiger partial charge in [0.15, 0.2) is 0 Å². The van der Waals surface area contributed by atoms with Crippen molar-refractivity contribution in [1.29, 1.82) is 0 Å². The molecular weight excluding hydrogens is 292 g/mol. The Morgan fingerprint density at radius 2 is 1.83 bits per heavy atom. The molecular formula is C16H18N6O. The van der Waals surface area contributed by atoms with E-state index >= 15 is 0 Å². The largest absolute Gasteiger partial charge is 0.362 e. The molecule has 23 heavy (non-hydrogen) atoms. The molecule has 0 atom stereocenters. The highest BCUT2D eigenvalue weighted by atomic mass is 16.2. The Labute approximate surface area is 133 Å². The zero-order valence-electron chi connectivity index (χ0n) is 13.1. The Balaban J connectivity index is 1.64. The van der Waals surface area contributed by atoms with Gasteiger partial charge in [-0.15, -0.1) is 0 Å². The minimum Gasteiger partial charge on any atom is -0.362 e. The molecule has 0 spiro atoms. The van der Waals surface area contributed by atoms with Gasteiger partial charge in [-0.25, -0.2) is 4.98 Å². The molecule has 1 N–H and O–H groups in total. The predicted octanol–water partition coefficient (Wildman–Crippen LogP) is 1.21. The average molecular weight is 310 g/mol. The summed E-state index contributed by atoms with van der Waals surface area (Å²) in [7, 11) is 3.85. The molecule has 0 saturated carbocycles. The summed E-state index contributed by atoms with van der Waals surface area (Å²) in [6.45, 7) is 0.507. The number of carbonyl (C=O) groups is 1. The van der Waals surface area contributed by atoms with Crippen LogP contribution >= 0.6 is 0 Å². The predicted molar refractivity (Wildman–Crippen MR) is 87.9 cm³/mol. The van der Waals surface area contributed by atoms with Gasteiger partial charge in [0, 0.05) is 32.4 Å². The molecule has 2 heterocycles. The van der Waals surface area contributed by atoms with Crippen molar-refractivity contribution >= 4 is 22.8 Å². The lowest BCUT2D eigenvalue weighted by atomic mass is 10.2. The SMILES string of the molecule is CN(C)c1ncccc1CNC(=O)Cn1nc2ccccc2n1. The maximum Gasteiger partial charge on any atom is 0.243 e. The van der Waals surface area contributed by atoms with Crippen LogP contribution in [-0.2, 0) is 17.9 Å². The van der Waals surface area contributed by atoms with Crippen molar-refractivity contribution in [3.63, 3.8) is 0 Å². The molecule has 0 aliphatic rings. The standard InChI is InChI=1S/C16H18N6O/c1-21(2)16-12(6-5-9-17-16)10-18-15(23)11-22-19-13-7-3-4-8-14(13)20-22/h3-9H,10-11H2,1-2H3,(H,18,23). The van der Waals surface area contributed by atoms with Gasteiger partial charge >= 0.3 is 0 Å². The maximum absolute atomic E-state index is 12.1. The zero-order valence-corrected chi connectivity index (χ0v) is 13.1. The summed E-state index contributed by atoms with van der Waals surface area (Å²) in [5.74, 6) is 0.703. The van der Waals surface area contributed by atoms with Crippen LogP contribution < -0.4 is 10.2 Å². The fraction of sp³-hybridized carbons (Fsp3) is 0.250. The van der Waals surface area contributed by atoms with Gasteiger partial charge in [-0.1, -0.05) is 18.2 Å². The lowest BCUT2D eigenvalue weighted by molar-refractivity contribution is -0.122. The third-order valence-electron chi connectivity index (χ3n) is 3.38. The fourth-order valence-electron chi connectivity index (χ4n) is 2.32. The van der Waals surface area contributed by atoms with Gasteiger partial charge < -0.3 is 10.2 Å². The molecule has 1 aromatic carbocycles. The van der Waals surface area contributed by atoms with Gasteiger partial charge in [-0.3, -0.25) is 4.79 Å². The molecule has 0 radical (unpaired) electrons. The number of hydrogen-bond donors (Lipinski definition) is 1. The summed E-state index contributed by atoms with van der Waals surface area (Å²) in [4.78, 5) is 19.7. The van der Waals surface area contributed by atoms with E-state index in [2.05, 4.69) is 20.5 Å². The van der Waals surface area contributed by atoms with Crippen LogP contribution in [0, 0.1) is 0 Å². The Morgan fingerprint density at radius 1 is 1.13 bits per heavy atom. The number of nitrogens with zero attached hydrogens (tertiary/aromatic N) is 5. The van der Waals surface area contributed by atoms with E-state index in [9.17, 15) is 4.79 Å². The fourth-order valence-corrected chi connectivity index (χ4v) is 2.32. The molecule has 7 heteroatoms. The van der Waals surface area contributed by atoms with Crippen LogP contribution in [0.2, 0.25) is 0 Å². The van der Waals surface area contributed by atoms with E-state index in [1.807, 2.05) is 55.4 Å². The van der Waals surface area contributed by atoms with E-state index in [1.54, 1.807) is 6.20 Å². The molecule has 0 aliphatic heterocycles. The molecule has 1 amide bonds. The van der Waals surface area contributed by atoms with Gasteiger partial charge in [-0.2, -0.15) is 15.0 Å². The number of carbonyl (C=O) groups excluding carboxylic acids is 1. The third kappa shape index (κ3) is 3.45. The van der Waals surface area contributed by atoms with Gasteiger partial charge in [-0.05, 0) is 18.2 Å². The first-order valence-electron chi connectivity index (χ1n) is 7.31. The molecule has 3 aromatic rings. The van der Waals surface area contributed by atoms with Gasteiger partial charge in [0.25, 0.3) is 0 Å². The van der Waals surface area contributed by atoms with Crippen molar-refractivity contribution in [3.05, 3.63) is 48.2 Å². The average Bonchev–Trinajstić information content (AvgIpc) is 2.95. The first-order chi connectivity index (χ1) is 11.1. The van der Waals surface area contributed by atoms with E-state index in [4.69, 9.17) is 0 Å². The quantitative estimate of drug-likeness (QED) is 0.766. The second-order valence-electron chi connectivity index (χ2n) is 5.38. The summed E-state index contributed by atoms with van der Waals surface area (Å²) in [6, 6.07) is 11.3. The van der Waals surface area contributed by atoms with Crippen LogP contribution in [0.4, 0.5) is 5.82 Å². The minimum atomic E-state index is -0.140. The van der Waals surface area contributed by atoms with Crippen molar-refractivity contribution < 1.29 is 4.79 Å². The van der Waals surface area contributed by atoms with Crippen molar-refractivity contribution in [3.8, 4) is 0 Å². The van der Waals surface area contributed by atoms with Crippen LogP contribution in [0.15, 0.2) is 42.6 Å². The van der Waals surface area contributed by atoms with E-state index in [-0.39, 0.29) is 12.5 Å². The van der Waals surface area contributed by atoms with Gasteiger partial charge in [0.2, 0.25) is 5.91 Å². The van der Waals surface area contributed by atoms with Crippen LogP contribution in [-0.4, -0.2) is 40.0 Å². The third-order valence-corrected chi connectivity index (χ3v) is 3.38. The topological polar surface area (TPSA) is 75.9 Å². The Kier molecular flexibility index (Phi) is 4.18. The number of anilines is 1. The van der Waals surface area contributed by atoms with Crippen molar-refractivity contribution in [2.45, 2.75) is 13.1 Å². The van der Waals surface area contributed by atoms with Crippen LogP contribution in [0.5, 0.6) is 0 Å². The highest BCUT2D eigenvalue weighted by Crippen LogP contribution is 2.13. The highest BCUT2D eigenvalue weighted by Gasteiger charge is 2.09. The molecule has 2 aromatic heterocycles. The molecule has 3 rings (SSSR count). The lowest BCUT2D eigenvalue weighted by Crippen LogP contribution is -2.28. The normalized spacial score (nSPS) is 10.7. The van der Waals surface area contributed by atoms with Gasteiger partial charge in [0.1, 0.15) is 23.4 Å². The van der Waals surface area contributed by atoms with Crippen LogP contribution in [0.3, 0.4) is 0 Å². The number of benzene rings is 1. The second kappa shape index (κ2) is 6.43. The van der Waals surface area contributed by atoms with E-state index < -0.39 is 0 Å². The molecule has 0 fully saturated rings. The summed E-state index contributed by atoms with van der Waals surface area (Å²) >= 11 is 0. The lowest BCUT2D eigenvalue weighted by Gasteiger charge is -2.16. The Morgan fingerprint density at radius 3 is 2.48 bits per heavy atom. The van der Waals surface area contributed by atoms with Crippen LogP contribution in [0.25, 0.3) is 11.0 Å². The minimum absolute atomic E-state index is 0.0895. The Bertz CT molecular complexity index is 793. The zero-order chi connectivity index (χ0) is 16.2. The monoisotopic (exact) mass is 310 g/mol. The van der Waals surface area contributed by atoms with Crippen molar-refractivity contribution in [1.82, 2.24) is 25.3 Å². The molecule has 7 nitrogen and oxygen atoms in total. The molecule has 0 aliphatic carbocycles.